The lowest BCUT2D eigenvalue weighted by Gasteiger charge is -1.99. The normalized spacial score (nSPS) is 10.2. The lowest BCUT2D eigenvalue weighted by Crippen LogP contribution is -2.02. The van der Waals surface area contributed by atoms with Crippen molar-refractivity contribution in [1.29, 1.82) is 0 Å². The van der Waals surface area contributed by atoms with Crippen LogP contribution in [0, 0.1) is 10.1 Å². The van der Waals surface area contributed by atoms with Crippen molar-refractivity contribution in [2.45, 2.75) is 0 Å². The highest BCUT2D eigenvalue weighted by Gasteiger charge is 2.19. The van der Waals surface area contributed by atoms with E-state index in [1.54, 1.807) is 0 Å². The first-order valence-electron chi connectivity index (χ1n) is 5.13. The zero-order chi connectivity index (χ0) is 14.0. The summed E-state index contributed by atoms with van der Waals surface area (Å²) in [5.74, 6) is -0.553. The van der Waals surface area contributed by atoms with Crippen LogP contribution >= 0.6 is 11.5 Å². The van der Waals surface area contributed by atoms with Crippen LogP contribution in [0.15, 0.2) is 24.3 Å². The average molecular weight is 279 g/mol. The number of esters is 1. The van der Waals surface area contributed by atoms with E-state index in [-0.39, 0.29) is 16.3 Å². The van der Waals surface area contributed by atoms with E-state index < -0.39 is 10.9 Å². The number of rotatable bonds is 3. The Bertz CT molecular complexity index is 636. The van der Waals surface area contributed by atoms with Crippen LogP contribution < -0.4 is 5.73 Å². The number of carbonyl (C=O) groups excluding carboxylic acids is 1. The summed E-state index contributed by atoms with van der Waals surface area (Å²) in [5.41, 5.74) is 7.04. The number of nitro benzene ring substituents is 1. The number of hydrogen-bond acceptors (Lipinski definition) is 7. The Labute approximate surface area is 111 Å². The third-order valence-electron chi connectivity index (χ3n) is 2.45. The molecule has 0 unspecified atom stereocenters. The van der Waals surface area contributed by atoms with Crippen LogP contribution in [-0.4, -0.2) is 22.4 Å². The number of carbonyl (C=O) groups is 1. The quantitative estimate of drug-likeness (QED) is 0.523. The van der Waals surface area contributed by atoms with Crippen molar-refractivity contribution in [2.75, 3.05) is 12.8 Å². The van der Waals surface area contributed by atoms with Crippen LogP contribution in [0.2, 0.25) is 0 Å². The number of non-ortho nitro benzene ring substituents is 1. The van der Waals surface area contributed by atoms with E-state index in [4.69, 9.17) is 5.73 Å². The summed E-state index contributed by atoms with van der Waals surface area (Å²) in [7, 11) is 1.26. The first-order valence-corrected chi connectivity index (χ1v) is 5.90. The lowest BCUT2D eigenvalue weighted by molar-refractivity contribution is -0.384. The highest BCUT2D eigenvalue weighted by Crippen LogP contribution is 2.31. The maximum atomic E-state index is 11.4. The second-order valence-corrected chi connectivity index (χ2v) is 4.34. The summed E-state index contributed by atoms with van der Waals surface area (Å²) in [5, 5.41) is 10.6. The number of nitrogens with two attached hydrogens (primary N) is 1. The van der Waals surface area contributed by atoms with Gasteiger partial charge < -0.3 is 10.5 Å². The maximum Gasteiger partial charge on any atom is 0.351 e. The molecule has 0 fully saturated rings. The summed E-state index contributed by atoms with van der Waals surface area (Å²) < 4.78 is 8.65. The van der Waals surface area contributed by atoms with Crippen LogP contribution in [0.5, 0.6) is 0 Å². The van der Waals surface area contributed by atoms with Crippen LogP contribution in [-0.2, 0) is 4.74 Å². The van der Waals surface area contributed by atoms with Crippen molar-refractivity contribution in [3.8, 4) is 11.3 Å². The molecule has 2 aromatic rings. The molecule has 2 N–H and O–H groups in total. The van der Waals surface area contributed by atoms with Gasteiger partial charge in [-0.1, -0.05) is 0 Å². The molecule has 0 amide bonds. The molecule has 0 atom stereocenters. The molecule has 1 aromatic heterocycles. The van der Waals surface area contributed by atoms with Gasteiger partial charge in [-0.3, -0.25) is 10.1 Å². The Hall–Kier alpha value is -2.48. The van der Waals surface area contributed by atoms with Gasteiger partial charge in [0.15, 0.2) is 4.88 Å². The van der Waals surface area contributed by atoms with Gasteiger partial charge in [-0.25, -0.2) is 4.79 Å². The van der Waals surface area contributed by atoms with Gasteiger partial charge in [0, 0.05) is 17.7 Å². The smallest absolute Gasteiger partial charge is 0.351 e. The van der Waals surface area contributed by atoms with Crippen LogP contribution in [0.1, 0.15) is 9.67 Å². The first-order chi connectivity index (χ1) is 9.04. The highest BCUT2D eigenvalue weighted by molar-refractivity contribution is 7.09. The molecule has 1 heterocycles. The molecule has 0 bridgehead atoms. The molecule has 0 spiro atoms. The Kier molecular flexibility index (Phi) is 3.43. The van der Waals surface area contributed by atoms with Crippen molar-refractivity contribution < 1.29 is 14.5 Å². The van der Waals surface area contributed by atoms with Crippen LogP contribution in [0.3, 0.4) is 0 Å². The van der Waals surface area contributed by atoms with Gasteiger partial charge in [0.05, 0.1) is 17.7 Å². The Balaban J connectivity index is 2.40. The molecule has 98 valence electrons. The van der Waals surface area contributed by atoms with E-state index in [0.717, 1.165) is 11.5 Å². The second-order valence-electron chi connectivity index (χ2n) is 3.57. The van der Waals surface area contributed by atoms with Gasteiger partial charge >= 0.3 is 5.97 Å². The van der Waals surface area contributed by atoms with E-state index >= 15 is 0 Å². The van der Waals surface area contributed by atoms with Crippen LogP contribution in [0.25, 0.3) is 11.3 Å². The minimum Gasteiger partial charge on any atom is -0.465 e. The summed E-state index contributed by atoms with van der Waals surface area (Å²) in [6.07, 6.45) is 0. The first kappa shape index (κ1) is 13.0. The number of benzene rings is 1. The summed E-state index contributed by atoms with van der Waals surface area (Å²) in [6.45, 7) is 0. The standard InChI is InChI=1S/C11H9N3O4S/c1-18-11(15)10-8(12)9(13-19-10)6-2-4-7(5-3-6)14(16)17/h2-5H,12H2,1H3. The molecule has 0 aliphatic heterocycles. The van der Waals surface area contributed by atoms with E-state index in [1.807, 2.05) is 0 Å². The van der Waals surface area contributed by atoms with Crippen molar-refractivity contribution in [3.63, 3.8) is 0 Å². The van der Waals surface area contributed by atoms with E-state index in [1.165, 1.54) is 31.4 Å². The maximum absolute atomic E-state index is 11.4. The number of anilines is 1. The number of nitrogens with zero attached hydrogens (tertiary/aromatic N) is 2. The fraction of sp³-hybridized carbons (Fsp3) is 0.0909. The molecule has 19 heavy (non-hydrogen) atoms. The second kappa shape index (κ2) is 5.02. The fourth-order valence-electron chi connectivity index (χ4n) is 1.49. The number of ether oxygens (including phenoxy) is 1. The van der Waals surface area contributed by atoms with Gasteiger partial charge in [0.1, 0.15) is 5.69 Å². The lowest BCUT2D eigenvalue weighted by atomic mass is 10.1. The largest absolute Gasteiger partial charge is 0.465 e. The van der Waals surface area contributed by atoms with Gasteiger partial charge in [-0.15, -0.1) is 0 Å². The zero-order valence-corrected chi connectivity index (χ0v) is 10.6. The summed E-state index contributed by atoms with van der Waals surface area (Å²) in [4.78, 5) is 21.7. The molecule has 0 aliphatic carbocycles. The Morgan fingerprint density at radius 2 is 2.05 bits per heavy atom. The number of methoxy groups -OCH3 is 1. The Morgan fingerprint density at radius 3 is 2.58 bits per heavy atom. The zero-order valence-electron chi connectivity index (χ0n) is 9.82. The molecule has 8 heteroatoms. The van der Waals surface area contributed by atoms with E-state index in [0.29, 0.717) is 11.3 Å². The monoisotopic (exact) mass is 279 g/mol. The van der Waals surface area contributed by atoms with Gasteiger partial charge in [-0.2, -0.15) is 4.37 Å². The minimum atomic E-state index is -0.553. The average Bonchev–Trinajstić information content (AvgIpc) is 2.80. The SMILES string of the molecule is COC(=O)c1snc(-c2ccc([N+](=O)[O-])cc2)c1N. The number of hydrogen-bond donors (Lipinski definition) is 1. The predicted molar refractivity (Wildman–Crippen MR) is 70.0 cm³/mol. The molecular weight excluding hydrogens is 270 g/mol. The highest BCUT2D eigenvalue weighted by atomic mass is 32.1. The van der Waals surface area contributed by atoms with Gasteiger partial charge in [0.2, 0.25) is 0 Å². The molecule has 7 nitrogen and oxygen atoms in total. The molecule has 0 saturated carbocycles. The predicted octanol–water partition coefficient (Wildman–Crippen LogP) is 2.09. The van der Waals surface area contributed by atoms with Crippen LogP contribution in [0.4, 0.5) is 11.4 Å². The van der Waals surface area contributed by atoms with Gasteiger partial charge in [0.25, 0.3) is 5.69 Å². The molecule has 0 aliphatic rings. The molecule has 0 saturated heterocycles. The van der Waals surface area contributed by atoms with Crippen molar-refractivity contribution >= 4 is 28.9 Å². The topological polar surface area (TPSA) is 108 Å². The van der Waals surface area contributed by atoms with Crippen molar-refractivity contribution in [3.05, 3.63) is 39.3 Å². The van der Waals surface area contributed by atoms with Gasteiger partial charge in [-0.05, 0) is 23.7 Å². The Morgan fingerprint density at radius 1 is 1.42 bits per heavy atom. The molecule has 2 rings (SSSR count). The van der Waals surface area contributed by atoms with Crippen molar-refractivity contribution in [1.82, 2.24) is 4.37 Å². The fourth-order valence-corrected chi connectivity index (χ4v) is 2.23. The molecular formula is C11H9N3O4S. The minimum absolute atomic E-state index is 0.0225. The summed E-state index contributed by atoms with van der Waals surface area (Å²) >= 11 is 0.931. The molecule has 1 aromatic carbocycles. The third-order valence-corrected chi connectivity index (χ3v) is 3.29. The third kappa shape index (κ3) is 2.38. The molecule has 0 radical (unpaired) electrons. The van der Waals surface area contributed by atoms with Crippen molar-refractivity contribution in [2.24, 2.45) is 0 Å². The van der Waals surface area contributed by atoms with E-state index in [2.05, 4.69) is 9.11 Å². The number of nitrogen functional groups attached to an aromatic ring is 1. The summed E-state index contributed by atoms with van der Waals surface area (Å²) in [6, 6.07) is 5.77. The van der Waals surface area contributed by atoms with E-state index in [9.17, 15) is 14.9 Å². The number of nitro groups is 1. The number of aromatic nitrogens is 1.